The first kappa shape index (κ1) is 13.6. The highest BCUT2D eigenvalue weighted by molar-refractivity contribution is 5.87. The Balaban J connectivity index is 2.48. The molecule has 0 fully saturated rings. The van der Waals surface area contributed by atoms with Gasteiger partial charge >= 0.3 is 5.97 Å². The molecule has 17 heavy (non-hydrogen) atoms. The van der Waals surface area contributed by atoms with Crippen LogP contribution in [-0.2, 0) is 14.3 Å². The minimum absolute atomic E-state index is 0.0635. The molecule has 1 aliphatic heterocycles. The molecule has 0 aromatic rings. The molecule has 0 N–H and O–H groups in total. The normalized spacial score (nSPS) is 21.4. The molecule has 0 aromatic heterocycles. The van der Waals surface area contributed by atoms with Crippen LogP contribution in [-0.4, -0.2) is 19.2 Å². The average molecular weight is 236 g/mol. The number of rotatable bonds is 5. The molecule has 1 aliphatic rings. The second-order valence-electron chi connectivity index (χ2n) is 4.03. The summed E-state index contributed by atoms with van der Waals surface area (Å²) in [5.74, 6) is -0.0493. The fourth-order valence-electron chi connectivity index (χ4n) is 1.58. The van der Waals surface area contributed by atoms with Crippen LogP contribution in [0.3, 0.4) is 0 Å². The lowest BCUT2D eigenvalue weighted by Crippen LogP contribution is -2.23. The smallest absolute Gasteiger partial charge is 0.373 e. The van der Waals surface area contributed by atoms with Crippen molar-refractivity contribution in [1.29, 1.82) is 0 Å². The van der Waals surface area contributed by atoms with Crippen molar-refractivity contribution in [1.82, 2.24) is 0 Å². The van der Waals surface area contributed by atoms with Gasteiger partial charge in [0.15, 0.2) is 5.76 Å². The second kappa shape index (κ2) is 6.94. The topological polar surface area (TPSA) is 35.5 Å². The van der Waals surface area contributed by atoms with Gasteiger partial charge in [-0.25, -0.2) is 4.79 Å². The highest BCUT2D eigenvalue weighted by atomic mass is 16.6. The summed E-state index contributed by atoms with van der Waals surface area (Å²) in [7, 11) is 1.48. The molecule has 94 valence electrons. The SMILES string of the molecule is CC/C=C\C(C)=C\CC1CC=C(OC)C(=O)O1. The van der Waals surface area contributed by atoms with E-state index in [4.69, 9.17) is 9.47 Å². The van der Waals surface area contributed by atoms with Crippen LogP contribution < -0.4 is 0 Å². The van der Waals surface area contributed by atoms with E-state index in [1.54, 1.807) is 6.08 Å². The molecule has 0 aliphatic carbocycles. The van der Waals surface area contributed by atoms with Crippen LogP contribution in [0, 0.1) is 0 Å². The lowest BCUT2D eigenvalue weighted by atomic mass is 10.1. The van der Waals surface area contributed by atoms with E-state index in [1.165, 1.54) is 12.7 Å². The number of methoxy groups -OCH3 is 1. The molecule has 0 spiro atoms. The summed E-state index contributed by atoms with van der Waals surface area (Å²) in [4.78, 5) is 11.4. The first-order valence-corrected chi connectivity index (χ1v) is 5.95. The third kappa shape index (κ3) is 4.47. The van der Waals surface area contributed by atoms with Gasteiger partial charge in [0.05, 0.1) is 7.11 Å². The highest BCUT2D eigenvalue weighted by Gasteiger charge is 2.22. The predicted octanol–water partition coefficient (Wildman–Crippen LogP) is 3.13. The van der Waals surface area contributed by atoms with Gasteiger partial charge < -0.3 is 9.47 Å². The number of ether oxygens (including phenoxy) is 2. The largest absolute Gasteiger partial charge is 0.490 e. The predicted molar refractivity (Wildman–Crippen MR) is 67.4 cm³/mol. The van der Waals surface area contributed by atoms with Crippen LogP contribution in [0.4, 0.5) is 0 Å². The van der Waals surface area contributed by atoms with E-state index in [9.17, 15) is 4.79 Å². The van der Waals surface area contributed by atoms with Gasteiger partial charge in [0, 0.05) is 12.8 Å². The minimum atomic E-state index is -0.362. The summed E-state index contributed by atoms with van der Waals surface area (Å²) in [6.07, 6.45) is 10.5. The molecule has 3 nitrogen and oxygen atoms in total. The standard InChI is InChI=1S/C14H20O3/c1-4-5-6-11(2)7-8-12-9-10-13(16-3)14(15)17-12/h5-7,10,12H,4,8-9H2,1-3H3/b6-5-,11-7+. The zero-order valence-corrected chi connectivity index (χ0v) is 10.7. The molecule has 0 saturated carbocycles. The van der Waals surface area contributed by atoms with Crippen molar-refractivity contribution in [2.45, 2.75) is 39.2 Å². The Kier molecular flexibility index (Phi) is 5.53. The van der Waals surface area contributed by atoms with Gasteiger partial charge in [0.25, 0.3) is 0 Å². The number of carbonyl (C=O) groups is 1. The van der Waals surface area contributed by atoms with Gasteiger partial charge in [-0.2, -0.15) is 0 Å². The number of hydrogen-bond acceptors (Lipinski definition) is 3. The minimum Gasteiger partial charge on any atom is -0.490 e. The zero-order valence-electron chi connectivity index (χ0n) is 10.7. The fourth-order valence-corrected chi connectivity index (χ4v) is 1.58. The molecular formula is C14H20O3. The molecule has 0 saturated heterocycles. The van der Waals surface area contributed by atoms with E-state index in [2.05, 4.69) is 25.2 Å². The molecule has 0 aromatic carbocycles. The van der Waals surface area contributed by atoms with E-state index in [-0.39, 0.29) is 12.1 Å². The molecule has 3 heteroatoms. The lowest BCUT2D eigenvalue weighted by Gasteiger charge is -2.20. The Hall–Kier alpha value is -1.51. The average Bonchev–Trinajstić information content (AvgIpc) is 2.34. The number of carbonyl (C=O) groups excluding carboxylic acids is 1. The van der Waals surface area contributed by atoms with E-state index in [0.717, 1.165) is 19.3 Å². The van der Waals surface area contributed by atoms with Crippen LogP contribution in [0.25, 0.3) is 0 Å². The van der Waals surface area contributed by atoms with Gasteiger partial charge in [-0.3, -0.25) is 0 Å². The third-order valence-corrected chi connectivity index (χ3v) is 2.58. The van der Waals surface area contributed by atoms with Crippen LogP contribution >= 0.6 is 0 Å². The van der Waals surface area contributed by atoms with Crippen molar-refractivity contribution in [2.75, 3.05) is 7.11 Å². The van der Waals surface area contributed by atoms with E-state index in [0.29, 0.717) is 5.76 Å². The van der Waals surface area contributed by atoms with Crippen molar-refractivity contribution in [3.8, 4) is 0 Å². The van der Waals surface area contributed by atoms with Crippen molar-refractivity contribution < 1.29 is 14.3 Å². The number of hydrogen-bond donors (Lipinski definition) is 0. The van der Waals surface area contributed by atoms with E-state index in [1.807, 2.05) is 6.92 Å². The maximum Gasteiger partial charge on any atom is 0.373 e. The Bertz CT molecular complexity index is 350. The Morgan fingerprint density at radius 1 is 1.65 bits per heavy atom. The molecule has 0 amide bonds. The van der Waals surface area contributed by atoms with Crippen molar-refractivity contribution in [2.24, 2.45) is 0 Å². The number of cyclic esters (lactones) is 1. The maximum atomic E-state index is 11.4. The number of allylic oxidation sites excluding steroid dienone is 3. The second-order valence-corrected chi connectivity index (χ2v) is 4.03. The highest BCUT2D eigenvalue weighted by Crippen LogP contribution is 2.18. The Labute approximate surface area is 103 Å². The van der Waals surface area contributed by atoms with Gasteiger partial charge in [-0.15, -0.1) is 0 Å². The van der Waals surface area contributed by atoms with Crippen molar-refractivity contribution in [3.63, 3.8) is 0 Å². The molecular weight excluding hydrogens is 216 g/mol. The summed E-state index contributed by atoms with van der Waals surface area (Å²) in [6, 6.07) is 0. The van der Waals surface area contributed by atoms with Gasteiger partial charge in [0.2, 0.25) is 0 Å². The molecule has 0 bridgehead atoms. The lowest BCUT2D eigenvalue weighted by molar-refractivity contribution is -0.149. The Morgan fingerprint density at radius 3 is 3.00 bits per heavy atom. The van der Waals surface area contributed by atoms with Gasteiger partial charge in [-0.05, 0) is 19.4 Å². The monoisotopic (exact) mass is 236 g/mol. The van der Waals surface area contributed by atoms with Gasteiger partial charge in [-0.1, -0.05) is 30.7 Å². The molecule has 1 unspecified atom stereocenters. The van der Waals surface area contributed by atoms with Crippen LogP contribution in [0.5, 0.6) is 0 Å². The zero-order chi connectivity index (χ0) is 12.7. The van der Waals surface area contributed by atoms with E-state index >= 15 is 0 Å². The summed E-state index contributed by atoms with van der Waals surface area (Å²) >= 11 is 0. The molecule has 1 rings (SSSR count). The molecule has 1 heterocycles. The third-order valence-electron chi connectivity index (χ3n) is 2.58. The molecule has 1 atom stereocenters. The van der Waals surface area contributed by atoms with Crippen LogP contribution in [0.15, 0.2) is 35.6 Å². The van der Waals surface area contributed by atoms with Crippen LogP contribution in [0.1, 0.15) is 33.1 Å². The summed E-state index contributed by atoms with van der Waals surface area (Å²) in [5, 5.41) is 0. The fraction of sp³-hybridized carbons (Fsp3) is 0.500. The number of esters is 1. The van der Waals surface area contributed by atoms with Crippen molar-refractivity contribution >= 4 is 5.97 Å². The molecule has 0 radical (unpaired) electrons. The maximum absolute atomic E-state index is 11.4. The van der Waals surface area contributed by atoms with Crippen molar-refractivity contribution in [3.05, 3.63) is 35.6 Å². The summed E-state index contributed by atoms with van der Waals surface area (Å²) < 4.78 is 10.1. The summed E-state index contributed by atoms with van der Waals surface area (Å²) in [6.45, 7) is 4.15. The van der Waals surface area contributed by atoms with Crippen LogP contribution in [0.2, 0.25) is 0 Å². The first-order valence-electron chi connectivity index (χ1n) is 5.95. The Morgan fingerprint density at radius 2 is 2.41 bits per heavy atom. The quantitative estimate of drug-likeness (QED) is 0.543. The summed E-state index contributed by atoms with van der Waals surface area (Å²) in [5.41, 5.74) is 1.20. The van der Waals surface area contributed by atoms with E-state index < -0.39 is 0 Å². The first-order chi connectivity index (χ1) is 8.17. The van der Waals surface area contributed by atoms with Gasteiger partial charge in [0.1, 0.15) is 6.10 Å².